The molecule has 1 aromatic carbocycles. The molecule has 0 aliphatic rings. The number of hydrogen-bond donors (Lipinski definition) is 1. The summed E-state index contributed by atoms with van der Waals surface area (Å²) in [4.78, 5) is 8.61. The van der Waals surface area contributed by atoms with Gasteiger partial charge in [-0.25, -0.2) is 9.37 Å². The number of nitrogens with one attached hydrogen (secondary N) is 1. The maximum absolute atomic E-state index is 13.8. The first kappa shape index (κ1) is 26.8. The van der Waals surface area contributed by atoms with Gasteiger partial charge in [-0.3, -0.25) is 9.36 Å². The third-order valence-electron chi connectivity index (χ3n) is 5.79. The van der Waals surface area contributed by atoms with Gasteiger partial charge in [-0.05, 0) is 67.4 Å². The van der Waals surface area contributed by atoms with Crippen LogP contribution < -0.4 is 10.1 Å². The van der Waals surface area contributed by atoms with Crippen LogP contribution in [0.4, 0.5) is 23.4 Å². The Labute approximate surface area is 225 Å². The molecule has 0 radical (unpaired) electrons. The molecule has 0 saturated heterocycles. The lowest BCUT2D eigenvalue weighted by Gasteiger charge is -2.09. The lowest BCUT2D eigenvalue weighted by molar-refractivity contribution is -0.274. The molecular weight excluding hydrogens is 532 g/mol. The van der Waals surface area contributed by atoms with Gasteiger partial charge >= 0.3 is 6.36 Å². The summed E-state index contributed by atoms with van der Waals surface area (Å²) < 4.78 is 63.5. The summed E-state index contributed by atoms with van der Waals surface area (Å²) in [5, 5.41) is 16.0. The molecule has 5 aromatic rings. The summed E-state index contributed by atoms with van der Waals surface area (Å²) in [6.45, 7) is 2.95. The highest BCUT2D eigenvalue weighted by molar-refractivity contribution is 5.59. The van der Waals surface area contributed by atoms with Crippen molar-refractivity contribution in [1.29, 1.82) is 0 Å². The summed E-state index contributed by atoms with van der Waals surface area (Å²) in [6.07, 6.45) is -0.316. The van der Waals surface area contributed by atoms with E-state index in [4.69, 9.17) is 4.52 Å². The number of anilines is 1. The maximum atomic E-state index is 13.8. The van der Waals surface area contributed by atoms with Crippen LogP contribution in [0.25, 0.3) is 23.0 Å². The van der Waals surface area contributed by atoms with Crippen LogP contribution in [0.5, 0.6) is 5.75 Å². The van der Waals surface area contributed by atoms with Crippen LogP contribution >= 0.6 is 0 Å². The average Bonchev–Trinajstić information content (AvgIpc) is 3.66. The second-order valence-corrected chi connectivity index (χ2v) is 8.86. The fraction of sp³-hybridized carbons (Fsp3) is 0.269. The Bertz CT molecular complexity index is 1560. The predicted octanol–water partition coefficient (Wildman–Crippen LogP) is 5.42. The topological polar surface area (TPSA) is 109 Å². The molecule has 4 heterocycles. The van der Waals surface area contributed by atoms with Gasteiger partial charge in [-0.15, -0.1) is 13.2 Å². The first-order chi connectivity index (χ1) is 19.3. The van der Waals surface area contributed by atoms with Crippen LogP contribution in [-0.4, -0.2) is 47.6 Å². The molecule has 0 atom stereocenters. The van der Waals surface area contributed by atoms with Crippen molar-refractivity contribution in [2.45, 2.75) is 39.5 Å². The Morgan fingerprint density at radius 3 is 2.60 bits per heavy atom. The highest BCUT2D eigenvalue weighted by Gasteiger charge is 2.31. The number of rotatable bonds is 11. The predicted molar refractivity (Wildman–Crippen MR) is 136 cm³/mol. The second-order valence-electron chi connectivity index (χ2n) is 8.86. The van der Waals surface area contributed by atoms with Crippen molar-refractivity contribution in [3.63, 3.8) is 0 Å². The van der Waals surface area contributed by atoms with E-state index in [0.29, 0.717) is 23.6 Å². The molecule has 0 aliphatic carbocycles. The summed E-state index contributed by atoms with van der Waals surface area (Å²) >= 11 is 0. The molecular formula is C26H24F4N8O2. The minimum Gasteiger partial charge on any atom is -0.406 e. The first-order valence-electron chi connectivity index (χ1n) is 12.3. The van der Waals surface area contributed by atoms with Crippen LogP contribution in [0.1, 0.15) is 23.4 Å². The number of halogens is 4. The number of nitrogens with zero attached hydrogens (tertiary/aromatic N) is 7. The van der Waals surface area contributed by atoms with Crippen molar-refractivity contribution in [3.05, 3.63) is 77.9 Å². The van der Waals surface area contributed by atoms with Gasteiger partial charge in [0.2, 0.25) is 5.82 Å². The number of alkyl halides is 4. The molecule has 0 unspecified atom stereocenters. The fourth-order valence-corrected chi connectivity index (χ4v) is 3.94. The maximum Gasteiger partial charge on any atom is 0.573 e. The van der Waals surface area contributed by atoms with E-state index < -0.39 is 13.0 Å². The van der Waals surface area contributed by atoms with Gasteiger partial charge < -0.3 is 14.6 Å². The normalized spacial score (nSPS) is 11.6. The van der Waals surface area contributed by atoms with Gasteiger partial charge in [0.05, 0.1) is 17.9 Å². The zero-order chi connectivity index (χ0) is 28.1. The quantitative estimate of drug-likeness (QED) is 0.170. The Hall–Kier alpha value is -4.75. The lowest BCUT2D eigenvalue weighted by Crippen LogP contribution is -2.16. The molecule has 4 aromatic heterocycles. The minimum atomic E-state index is -4.79. The second kappa shape index (κ2) is 11.6. The van der Waals surface area contributed by atoms with Crippen LogP contribution in [0.2, 0.25) is 0 Å². The zero-order valence-electron chi connectivity index (χ0n) is 21.3. The van der Waals surface area contributed by atoms with Crippen LogP contribution in [-0.2, 0) is 19.8 Å². The third-order valence-corrected chi connectivity index (χ3v) is 5.79. The van der Waals surface area contributed by atoms with Crippen molar-refractivity contribution >= 4 is 5.82 Å². The van der Waals surface area contributed by atoms with Crippen molar-refractivity contribution < 1.29 is 26.8 Å². The molecule has 40 heavy (non-hydrogen) atoms. The number of pyridine rings is 1. The Kier molecular flexibility index (Phi) is 7.75. The van der Waals surface area contributed by atoms with Crippen molar-refractivity contribution in [1.82, 2.24) is 34.7 Å². The molecule has 0 saturated carbocycles. The number of hydrogen-bond acceptors (Lipinski definition) is 8. The van der Waals surface area contributed by atoms with E-state index >= 15 is 0 Å². The molecule has 10 nitrogen and oxygen atoms in total. The van der Waals surface area contributed by atoms with Crippen LogP contribution in [0.3, 0.4) is 0 Å². The molecule has 0 aliphatic heterocycles. The van der Waals surface area contributed by atoms with Gasteiger partial charge in [-0.1, -0.05) is 5.16 Å². The van der Waals surface area contributed by atoms with E-state index in [1.807, 2.05) is 36.0 Å². The smallest absolute Gasteiger partial charge is 0.406 e. The molecule has 0 amide bonds. The van der Waals surface area contributed by atoms with Crippen LogP contribution in [0, 0.1) is 6.92 Å². The largest absolute Gasteiger partial charge is 0.573 e. The third kappa shape index (κ3) is 6.81. The van der Waals surface area contributed by atoms with Gasteiger partial charge in [0.25, 0.3) is 5.89 Å². The summed E-state index contributed by atoms with van der Waals surface area (Å²) in [6, 6.07) is 12.2. The van der Waals surface area contributed by atoms with Crippen molar-refractivity contribution in [2.75, 3.05) is 11.9 Å². The Balaban J connectivity index is 1.23. The highest BCUT2D eigenvalue weighted by atomic mass is 19.4. The van der Waals surface area contributed by atoms with Crippen LogP contribution in [0.15, 0.2) is 65.4 Å². The van der Waals surface area contributed by atoms with Gasteiger partial charge in [-0.2, -0.15) is 15.2 Å². The standard InChI is InChI=1S/C26H24F4N8O2/c1-17-8-12-37(34-17)11-2-9-31-23-13-18(7-10-32-23)16-38-20(15-27)14-22(35-38)25-33-24(36-40-25)19-3-5-21(6-4-19)39-26(28,29)30/h3-8,10,12-14H,2,9,11,15-16H2,1H3,(H,31,32). The average molecular weight is 557 g/mol. The van der Waals surface area contributed by atoms with Crippen molar-refractivity contribution in [3.8, 4) is 28.7 Å². The first-order valence-corrected chi connectivity index (χ1v) is 12.3. The van der Waals surface area contributed by atoms with E-state index in [0.717, 1.165) is 36.4 Å². The van der Waals surface area contributed by atoms with E-state index in [1.54, 1.807) is 6.20 Å². The summed E-state index contributed by atoms with van der Waals surface area (Å²) in [5.74, 6) is 0.502. The van der Waals surface area contributed by atoms with Gasteiger partial charge in [0, 0.05) is 31.0 Å². The number of aromatic nitrogens is 7. The minimum absolute atomic E-state index is 0.0449. The monoisotopic (exact) mass is 556 g/mol. The number of benzene rings is 1. The zero-order valence-corrected chi connectivity index (χ0v) is 21.3. The lowest BCUT2D eigenvalue weighted by atomic mass is 10.2. The summed E-state index contributed by atoms with van der Waals surface area (Å²) in [7, 11) is 0. The SMILES string of the molecule is Cc1ccn(CCCNc2cc(Cn3nc(-c4nc(-c5ccc(OC(F)(F)F)cc5)no4)cc3CF)ccn2)n1. The van der Waals surface area contributed by atoms with Gasteiger partial charge in [0.15, 0.2) is 5.69 Å². The van der Waals surface area contributed by atoms with Crippen molar-refractivity contribution in [2.24, 2.45) is 0 Å². The Morgan fingerprint density at radius 2 is 1.88 bits per heavy atom. The number of aryl methyl sites for hydroxylation is 2. The highest BCUT2D eigenvalue weighted by Crippen LogP contribution is 2.27. The molecule has 1 N–H and O–H groups in total. The fourth-order valence-electron chi connectivity index (χ4n) is 3.94. The van der Waals surface area contributed by atoms with E-state index in [2.05, 4.69) is 35.4 Å². The van der Waals surface area contributed by atoms with E-state index in [-0.39, 0.29) is 29.7 Å². The molecule has 5 rings (SSSR count). The number of ether oxygens (including phenoxy) is 1. The Morgan fingerprint density at radius 1 is 1.05 bits per heavy atom. The summed E-state index contributed by atoms with van der Waals surface area (Å²) in [5.41, 5.74) is 2.82. The molecule has 0 bridgehead atoms. The molecule has 0 fully saturated rings. The molecule has 208 valence electrons. The molecule has 14 heteroatoms. The molecule has 0 spiro atoms. The van der Waals surface area contributed by atoms with E-state index in [1.165, 1.54) is 22.9 Å². The van der Waals surface area contributed by atoms with Gasteiger partial charge in [0.1, 0.15) is 18.2 Å². The van der Waals surface area contributed by atoms with E-state index in [9.17, 15) is 17.6 Å².